The number of aryl methyl sites for hydroxylation is 1. The molecule has 0 saturated heterocycles. The number of nitrogens with two attached hydrogens (primary N) is 1. The summed E-state index contributed by atoms with van der Waals surface area (Å²) in [6, 6.07) is 7.90. The highest BCUT2D eigenvalue weighted by molar-refractivity contribution is 7.14. The average molecular weight is 253 g/mol. The minimum atomic E-state index is 0.700. The van der Waals surface area contributed by atoms with Crippen molar-refractivity contribution in [2.45, 2.75) is 6.92 Å². The van der Waals surface area contributed by atoms with E-state index < -0.39 is 0 Å². The van der Waals surface area contributed by atoms with Crippen LogP contribution >= 0.6 is 22.9 Å². The lowest BCUT2D eigenvalue weighted by molar-refractivity contribution is 1.23. The first kappa shape index (κ1) is 11.3. The third-order valence-electron chi connectivity index (χ3n) is 2.51. The predicted molar refractivity (Wildman–Crippen MR) is 73.0 cm³/mol. The Labute approximate surface area is 104 Å². The first-order valence-electron chi connectivity index (χ1n) is 4.92. The Bertz CT molecular complexity index is 494. The highest BCUT2D eigenvalue weighted by Crippen LogP contribution is 2.34. The molecule has 0 unspecified atom stereocenters. The fourth-order valence-electron chi connectivity index (χ4n) is 1.55. The second kappa shape index (κ2) is 4.36. The molecule has 0 saturated carbocycles. The Morgan fingerprint density at radius 1 is 1.38 bits per heavy atom. The smallest absolute Gasteiger partial charge is 0.0951 e. The first-order valence-corrected chi connectivity index (χ1v) is 6.18. The Hall–Kier alpha value is -1.19. The van der Waals surface area contributed by atoms with Crippen molar-refractivity contribution in [1.29, 1.82) is 0 Å². The lowest BCUT2D eigenvalue weighted by atomic mass is 10.2. The fourth-order valence-corrected chi connectivity index (χ4v) is 2.43. The summed E-state index contributed by atoms with van der Waals surface area (Å²) < 4.78 is 0. The number of benzene rings is 1. The number of nitrogens with zero attached hydrogens (tertiary/aromatic N) is 1. The van der Waals surface area contributed by atoms with Crippen molar-refractivity contribution >= 4 is 39.3 Å². The largest absolute Gasteiger partial charge is 0.397 e. The van der Waals surface area contributed by atoms with E-state index in [9.17, 15) is 0 Å². The molecular formula is C12H13ClN2S. The maximum atomic E-state index is 6.02. The molecule has 1 heterocycles. The van der Waals surface area contributed by atoms with Gasteiger partial charge in [0.05, 0.1) is 16.4 Å². The van der Waals surface area contributed by atoms with Crippen LogP contribution in [0, 0.1) is 6.92 Å². The minimum Gasteiger partial charge on any atom is -0.397 e. The van der Waals surface area contributed by atoms with Crippen LogP contribution in [0.15, 0.2) is 29.6 Å². The summed E-state index contributed by atoms with van der Waals surface area (Å²) >= 11 is 7.70. The van der Waals surface area contributed by atoms with Gasteiger partial charge >= 0.3 is 0 Å². The van der Waals surface area contributed by atoms with Gasteiger partial charge in [-0.05, 0) is 42.1 Å². The molecule has 84 valence electrons. The first-order chi connectivity index (χ1) is 7.59. The molecule has 2 nitrogen and oxygen atoms in total. The van der Waals surface area contributed by atoms with Crippen molar-refractivity contribution in [1.82, 2.24) is 0 Å². The zero-order valence-corrected chi connectivity index (χ0v) is 10.8. The Balaban J connectivity index is 2.44. The molecule has 2 N–H and O–H groups in total. The summed E-state index contributed by atoms with van der Waals surface area (Å²) in [5.74, 6) is 0. The molecule has 2 rings (SSSR count). The number of nitrogen functional groups attached to an aromatic ring is 1. The molecule has 1 aromatic heterocycles. The summed E-state index contributed by atoms with van der Waals surface area (Å²) in [5, 5.41) is 3.92. The third kappa shape index (κ3) is 2.01. The van der Waals surface area contributed by atoms with Crippen LogP contribution in [0.25, 0.3) is 0 Å². The molecule has 0 fully saturated rings. The zero-order chi connectivity index (χ0) is 11.7. The molecule has 0 amide bonds. The van der Waals surface area contributed by atoms with E-state index in [4.69, 9.17) is 17.3 Å². The van der Waals surface area contributed by atoms with Crippen molar-refractivity contribution < 1.29 is 0 Å². The summed E-state index contributed by atoms with van der Waals surface area (Å²) in [7, 11) is 2.00. The van der Waals surface area contributed by atoms with Crippen molar-refractivity contribution in [3.05, 3.63) is 40.2 Å². The van der Waals surface area contributed by atoms with Gasteiger partial charge in [0.25, 0.3) is 0 Å². The van der Waals surface area contributed by atoms with Crippen LogP contribution < -0.4 is 10.6 Å². The molecule has 0 atom stereocenters. The van der Waals surface area contributed by atoms with E-state index in [0.29, 0.717) is 10.7 Å². The van der Waals surface area contributed by atoms with Gasteiger partial charge < -0.3 is 10.6 Å². The maximum Gasteiger partial charge on any atom is 0.0951 e. The summed E-state index contributed by atoms with van der Waals surface area (Å²) in [6.07, 6.45) is 0. The second-order valence-electron chi connectivity index (χ2n) is 3.67. The summed E-state index contributed by atoms with van der Waals surface area (Å²) in [4.78, 5) is 2.07. The van der Waals surface area contributed by atoms with Crippen LogP contribution in [0.1, 0.15) is 5.56 Å². The van der Waals surface area contributed by atoms with Gasteiger partial charge in [-0.15, -0.1) is 11.3 Å². The topological polar surface area (TPSA) is 29.3 Å². The Kier molecular flexibility index (Phi) is 3.08. The van der Waals surface area contributed by atoms with Gasteiger partial charge in [0.1, 0.15) is 0 Å². The molecule has 0 aliphatic rings. The van der Waals surface area contributed by atoms with E-state index in [-0.39, 0.29) is 0 Å². The van der Waals surface area contributed by atoms with Crippen LogP contribution in [-0.4, -0.2) is 7.05 Å². The van der Waals surface area contributed by atoms with E-state index in [0.717, 1.165) is 16.3 Å². The number of halogens is 1. The molecular weight excluding hydrogens is 240 g/mol. The van der Waals surface area contributed by atoms with Crippen molar-refractivity contribution in [3.8, 4) is 0 Å². The fraction of sp³-hybridized carbons (Fsp3) is 0.167. The van der Waals surface area contributed by atoms with E-state index in [1.807, 2.05) is 31.5 Å². The molecule has 0 radical (unpaired) electrons. The molecule has 0 spiro atoms. The number of hydrogen-bond acceptors (Lipinski definition) is 3. The van der Waals surface area contributed by atoms with E-state index in [1.54, 1.807) is 17.4 Å². The van der Waals surface area contributed by atoms with Crippen LogP contribution in [0.2, 0.25) is 5.02 Å². The van der Waals surface area contributed by atoms with Gasteiger partial charge in [-0.25, -0.2) is 0 Å². The number of anilines is 3. The highest BCUT2D eigenvalue weighted by Gasteiger charge is 2.10. The van der Waals surface area contributed by atoms with Crippen molar-refractivity contribution in [2.24, 2.45) is 0 Å². The Morgan fingerprint density at radius 3 is 2.75 bits per heavy atom. The molecule has 4 heteroatoms. The van der Waals surface area contributed by atoms with Crippen LogP contribution in [0.3, 0.4) is 0 Å². The molecule has 1 aromatic carbocycles. The van der Waals surface area contributed by atoms with Crippen molar-refractivity contribution in [3.63, 3.8) is 0 Å². The lowest BCUT2D eigenvalue weighted by Crippen LogP contribution is -2.10. The van der Waals surface area contributed by atoms with Crippen LogP contribution in [0.5, 0.6) is 0 Å². The van der Waals surface area contributed by atoms with Gasteiger partial charge in [-0.2, -0.15) is 0 Å². The second-order valence-corrected chi connectivity index (χ2v) is 5.00. The predicted octanol–water partition coefficient (Wildman–Crippen LogP) is 4.06. The quantitative estimate of drug-likeness (QED) is 0.817. The summed E-state index contributed by atoms with van der Waals surface area (Å²) in [6.45, 7) is 1.98. The highest BCUT2D eigenvalue weighted by atomic mass is 35.5. The zero-order valence-electron chi connectivity index (χ0n) is 9.20. The van der Waals surface area contributed by atoms with Crippen molar-refractivity contribution in [2.75, 3.05) is 17.7 Å². The van der Waals surface area contributed by atoms with Gasteiger partial charge in [0.2, 0.25) is 0 Å². The lowest BCUT2D eigenvalue weighted by Gasteiger charge is -2.20. The molecule has 0 aliphatic carbocycles. The van der Waals surface area contributed by atoms with Gasteiger partial charge in [-0.3, -0.25) is 0 Å². The van der Waals surface area contributed by atoms with Gasteiger partial charge in [0.15, 0.2) is 0 Å². The van der Waals surface area contributed by atoms with E-state index >= 15 is 0 Å². The molecule has 16 heavy (non-hydrogen) atoms. The van der Waals surface area contributed by atoms with Crippen LogP contribution in [0.4, 0.5) is 16.4 Å². The summed E-state index contributed by atoms with van der Waals surface area (Å²) in [5.41, 5.74) is 8.70. The SMILES string of the molecule is Cc1cc(N(C)c2cccs2)c(N)cc1Cl. The number of rotatable bonds is 2. The maximum absolute atomic E-state index is 6.02. The number of hydrogen-bond donors (Lipinski definition) is 1. The molecule has 0 bridgehead atoms. The molecule has 0 aliphatic heterocycles. The third-order valence-corrected chi connectivity index (χ3v) is 3.86. The standard InChI is InChI=1S/C12H13ClN2S/c1-8-6-11(10(14)7-9(8)13)15(2)12-4-3-5-16-12/h3-7H,14H2,1-2H3. The minimum absolute atomic E-state index is 0.700. The average Bonchev–Trinajstić information content (AvgIpc) is 2.75. The Morgan fingerprint density at radius 2 is 2.12 bits per heavy atom. The van der Waals surface area contributed by atoms with E-state index in [2.05, 4.69) is 11.0 Å². The van der Waals surface area contributed by atoms with Gasteiger partial charge in [0, 0.05) is 12.1 Å². The molecule has 2 aromatic rings. The van der Waals surface area contributed by atoms with E-state index in [1.165, 1.54) is 0 Å². The van der Waals surface area contributed by atoms with Crippen LogP contribution in [-0.2, 0) is 0 Å². The monoisotopic (exact) mass is 252 g/mol. The van der Waals surface area contributed by atoms with Gasteiger partial charge in [-0.1, -0.05) is 11.6 Å². The number of thiophene rings is 1. The normalized spacial score (nSPS) is 10.4.